The van der Waals surface area contributed by atoms with Gasteiger partial charge in [-0.1, -0.05) is 11.6 Å². The molecule has 0 aliphatic heterocycles. The van der Waals surface area contributed by atoms with E-state index in [0.29, 0.717) is 11.8 Å². The molecular weight excluding hydrogens is 680 g/mol. The molecule has 3 aromatic rings. The smallest absolute Gasteiger partial charge is 0.374 e. The van der Waals surface area contributed by atoms with Crippen LogP contribution in [0.4, 0.5) is 14.5 Å². The molecule has 1 unspecified atom stereocenters. The predicted octanol–water partition coefficient (Wildman–Crippen LogP) is 3.79. The number of carbonyl (C=O) groups is 4. The fourth-order valence-corrected chi connectivity index (χ4v) is 5.33. The SMILES string of the molecule is CC(COC(=O)C(=O)CCOCCCOC(=O)c1cc(S(N)(=O)=O)c(Cl)cc1NCc1ccco1)N[C@@H](C)C(=O)c1cc(F)cc(F)c1. The highest BCUT2D eigenvalue weighted by Crippen LogP contribution is 2.29. The number of anilines is 1. The second-order valence-corrected chi connectivity index (χ2v) is 12.4. The number of esters is 2. The summed E-state index contributed by atoms with van der Waals surface area (Å²) in [5, 5.41) is 10.8. The summed E-state index contributed by atoms with van der Waals surface area (Å²) in [5.41, 5.74) is -0.106. The van der Waals surface area contributed by atoms with Crippen LogP contribution < -0.4 is 15.8 Å². The highest BCUT2D eigenvalue weighted by molar-refractivity contribution is 7.89. The lowest BCUT2D eigenvalue weighted by atomic mass is 10.0. The molecule has 1 heterocycles. The fourth-order valence-electron chi connectivity index (χ4n) is 4.23. The molecule has 4 N–H and O–H groups in total. The van der Waals surface area contributed by atoms with Crippen molar-refractivity contribution in [2.75, 3.05) is 31.7 Å². The van der Waals surface area contributed by atoms with Crippen LogP contribution in [0.5, 0.6) is 0 Å². The molecule has 2 atom stereocenters. The standard InChI is InChI=1S/C31H34ClF2N3O10S/c1-18(37-19(2)29(39)20-11-21(33)13-22(34)12-20)17-47-31(41)27(38)6-10-44-7-4-9-46-30(40)24-14-28(48(35,42)43)25(32)15-26(24)36-16-23-5-3-8-45-23/h3,5,8,11-15,18-19,36-37H,4,6-7,9-10,16-17H2,1-2H3,(H2,35,42,43)/t18?,19-/m0/s1. The summed E-state index contributed by atoms with van der Waals surface area (Å²) in [5.74, 6) is -4.63. The predicted molar refractivity (Wildman–Crippen MR) is 168 cm³/mol. The number of ketones is 2. The van der Waals surface area contributed by atoms with Gasteiger partial charge in [0, 0.05) is 37.1 Å². The minimum atomic E-state index is -4.24. The zero-order chi connectivity index (χ0) is 35.4. The molecule has 0 radical (unpaired) electrons. The molecule has 48 heavy (non-hydrogen) atoms. The second-order valence-electron chi connectivity index (χ2n) is 10.5. The first-order valence-corrected chi connectivity index (χ1v) is 16.4. The molecule has 3 rings (SSSR count). The fraction of sp³-hybridized carbons (Fsp3) is 0.355. The summed E-state index contributed by atoms with van der Waals surface area (Å²) in [6, 6.07) is 6.66. The van der Waals surface area contributed by atoms with E-state index < -0.39 is 62.1 Å². The highest BCUT2D eigenvalue weighted by Gasteiger charge is 2.23. The van der Waals surface area contributed by atoms with Crippen LogP contribution in [-0.4, -0.2) is 70.4 Å². The van der Waals surface area contributed by atoms with Crippen molar-refractivity contribution in [1.82, 2.24) is 5.32 Å². The van der Waals surface area contributed by atoms with E-state index in [4.69, 9.17) is 35.4 Å². The monoisotopic (exact) mass is 713 g/mol. The summed E-state index contributed by atoms with van der Waals surface area (Å²) in [7, 11) is -4.24. The molecule has 0 saturated heterocycles. The lowest BCUT2D eigenvalue weighted by Gasteiger charge is -2.19. The zero-order valence-corrected chi connectivity index (χ0v) is 27.5. The molecule has 0 amide bonds. The molecule has 13 nitrogen and oxygen atoms in total. The largest absolute Gasteiger partial charge is 0.467 e. The topological polar surface area (TPSA) is 193 Å². The summed E-state index contributed by atoms with van der Waals surface area (Å²) in [6.07, 6.45) is 1.38. The molecule has 0 fully saturated rings. The molecule has 2 aromatic carbocycles. The Balaban J connectivity index is 1.37. The number of nitrogens with two attached hydrogens (primary N) is 1. The number of carbonyl (C=O) groups excluding carboxylic acids is 4. The van der Waals surface area contributed by atoms with Crippen LogP contribution >= 0.6 is 11.6 Å². The quantitative estimate of drug-likeness (QED) is 0.0706. The summed E-state index contributed by atoms with van der Waals surface area (Å²) in [6.45, 7) is 2.79. The van der Waals surface area contributed by atoms with Crippen LogP contribution in [-0.2, 0) is 40.4 Å². The number of halogens is 3. The Labute approximate surface area is 280 Å². The van der Waals surface area contributed by atoms with Gasteiger partial charge in [-0.15, -0.1) is 0 Å². The molecule has 0 bridgehead atoms. The van der Waals surface area contributed by atoms with Crippen LogP contribution in [0.15, 0.2) is 58.0 Å². The first-order valence-electron chi connectivity index (χ1n) is 14.5. The Morgan fingerprint density at radius 1 is 1.00 bits per heavy atom. The van der Waals surface area contributed by atoms with Crippen LogP contribution in [0.3, 0.4) is 0 Å². The van der Waals surface area contributed by atoms with Gasteiger partial charge in [0.2, 0.25) is 15.8 Å². The average Bonchev–Trinajstić information content (AvgIpc) is 3.54. The van der Waals surface area contributed by atoms with E-state index in [1.165, 1.54) is 19.3 Å². The Bertz CT molecular complexity index is 1700. The molecule has 0 aliphatic carbocycles. The van der Waals surface area contributed by atoms with Gasteiger partial charge in [0.05, 0.1) is 48.3 Å². The maximum atomic E-state index is 13.4. The van der Waals surface area contributed by atoms with Crippen molar-refractivity contribution in [3.8, 4) is 0 Å². The van der Waals surface area contributed by atoms with Crippen LogP contribution in [0.1, 0.15) is 53.2 Å². The van der Waals surface area contributed by atoms with Gasteiger partial charge in [0.25, 0.3) is 0 Å². The number of benzene rings is 2. The van der Waals surface area contributed by atoms with Gasteiger partial charge in [-0.05, 0) is 50.2 Å². The van der Waals surface area contributed by atoms with Crippen molar-refractivity contribution < 1.29 is 55.0 Å². The first kappa shape index (κ1) is 38.2. The zero-order valence-electron chi connectivity index (χ0n) is 25.9. The average molecular weight is 714 g/mol. The number of primary sulfonamides is 1. The molecular formula is C31H34ClF2N3O10S. The van der Waals surface area contributed by atoms with Crippen molar-refractivity contribution in [1.29, 1.82) is 0 Å². The number of ether oxygens (including phenoxy) is 3. The molecule has 17 heteroatoms. The van der Waals surface area contributed by atoms with Gasteiger partial charge in [-0.3, -0.25) is 9.59 Å². The van der Waals surface area contributed by atoms with Gasteiger partial charge in [0.1, 0.15) is 28.9 Å². The van der Waals surface area contributed by atoms with E-state index in [9.17, 15) is 36.4 Å². The minimum absolute atomic E-state index is 0.0599. The van der Waals surface area contributed by atoms with Crippen LogP contribution in [0.2, 0.25) is 5.02 Å². The van der Waals surface area contributed by atoms with Gasteiger partial charge in [0.15, 0.2) is 5.78 Å². The minimum Gasteiger partial charge on any atom is -0.467 e. The number of sulfonamides is 1. The van der Waals surface area contributed by atoms with Gasteiger partial charge in [-0.2, -0.15) is 0 Å². The van der Waals surface area contributed by atoms with Crippen molar-refractivity contribution in [3.05, 3.63) is 82.3 Å². The maximum Gasteiger partial charge on any atom is 0.374 e. The number of furan rings is 1. The molecule has 260 valence electrons. The van der Waals surface area contributed by atoms with Crippen molar-refractivity contribution in [2.45, 2.75) is 50.2 Å². The number of hydrogen-bond acceptors (Lipinski definition) is 12. The number of Topliss-reactive ketones (excluding diaryl/α,β-unsaturated/α-hetero) is 2. The molecule has 0 aliphatic rings. The highest BCUT2D eigenvalue weighted by atomic mass is 35.5. The van der Waals surface area contributed by atoms with Gasteiger partial charge < -0.3 is 29.3 Å². The van der Waals surface area contributed by atoms with E-state index in [1.54, 1.807) is 19.1 Å². The van der Waals surface area contributed by atoms with Crippen molar-refractivity contribution in [3.63, 3.8) is 0 Å². The Hall–Kier alpha value is -4.22. The second kappa shape index (κ2) is 17.8. The molecule has 0 spiro atoms. The Morgan fingerprint density at radius 3 is 2.35 bits per heavy atom. The Kier molecular flexibility index (Phi) is 14.2. The normalized spacial score (nSPS) is 12.6. The van der Waals surface area contributed by atoms with Crippen molar-refractivity contribution >= 4 is 50.8 Å². The maximum absolute atomic E-state index is 13.4. The number of nitrogens with one attached hydrogen (secondary N) is 2. The lowest BCUT2D eigenvalue weighted by molar-refractivity contribution is -0.154. The number of rotatable bonds is 19. The summed E-state index contributed by atoms with van der Waals surface area (Å²) in [4.78, 5) is 49.0. The third-order valence-corrected chi connectivity index (χ3v) is 7.91. The lowest BCUT2D eigenvalue weighted by Crippen LogP contribution is -2.42. The van der Waals surface area contributed by atoms with Crippen LogP contribution in [0, 0.1) is 11.6 Å². The van der Waals surface area contributed by atoms with Crippen molar-refractivity contribution in [2.24, 2.45) is 5.14 Å². The third-order valence-electron chi connectivity index (χ3n) is 6.54. The van der Waals surface area contributed by atoms with Gasteiger partial charge in [-0.25, -0.2) is 31.9 Å². The van der Waals surface area contributed by atoms with E-state index >= 15 is 0 Å². The Morgan fingerprint density at radius 2 is 1.71 bits per heavy atom. The third kappa shape index (κ3) is 11.8. The summed E-state index contributed by atoms with van der Waals surface area (Å²) >= 11 is 6.08. The first-order chi connectivity index (χ1) is 22.6. The molecule has 0 saturated carbocycles. The molecule has 1 aromatic heterocycles. The van der Waals surface area contributed by atoms with Crippen LogP contribution in [0.25, 0.3) is 0 Å². The van der Waals surface area contributed by atoms with E-state index in [0.717, 1.165) is 18.2 Å². The number of hydrogen-bond donors (Lipinski definition) is 3. The van der Waals surface area contributed by atoms with E-state index in [-0.39, 0.29) is 67.7 Å². The van der Waals surface area contributed by atoms with E-state index in [2.05, 4.69) is 10.6 Å². The summed E-state index contributed by atoms with van der Waals surface area (Å²) < 4.78 is 71.5. The van der Waals surface area contributed by atoms with E-state index in [1.807, 2.05) is 0 Å². The van der Waals surface area contributed by atoms with Gasteiger partial charge >= 0.3 is 11.9 Å².